The molecular weight excluding hydrogens is 352 g/mol. The number of nitro groups is 1. The SMILES string of the molecule is CS(=O)(=O)NC1C=c2c([N+](=O)[O-])cccc2=c2ccc3c(c21)CCCC=3. The Bertz CT molecular complexity index is 1250. The van der Waals surface area contributed by atoms with Gasteiger partial charge in [-0.25, -0.2) is 13.1 Å². The van der Waals surface area contributed by atoms with E-state index in [-0.39, 0.29) is 5.69 Å². The monoisotopic (exact) mass is 370 g/mol. The van der Waals surface area contributed by atoms with Crippen LogP contribution in [-0.2, 0) is 16.4 Å². The van der Waals surface area contributed by atoms with Crippen LogP contribution in [0.4, 0.5) is 5.69 Å². The van der Waals surface area contributed by atoms with Gasteiger partial charge in [-0.2, -0.15) is 0 Å². The van der Waals surface area contributed by atoms with E-state index in [0.717, 1.165) is 52.3 Å². The third-order valence-corrected chi connectivity index (χ3v) is 5.63. The van der Waals surface area contributed by atoms with Crippen LogP contribution in [0.3, 0.4) is 0 Å². The van der Waals surface area contributed by atoms with Crippen LogP contribution >= 0.6 is 0 Å². The molecule has 0 aliphatic heterocycles. The first-order chi connectivity index (χ1) is 12.3. The van der Waals surface area contributed by atoms with Crippen LogP contribution < -0.4 is 15.2 Å². The number of benzene rings is 2. The number of hydrogen-bond acceptors (Lipinski definition) is 4. The molecule has 134 valence electrons. The minimum atomic E-state index is -3.49. The molecule has 26 heavy (non-hydrogen) atoms. The van der Waals surface area contributed by atoms with E-state index in [1.54, 1.807) is 12.1 Å². The lowest BCUT2D eigenvalue weighted by Crippen LogP contribution is -2.33. The van der Waals surface area contributed by atoms with E-state index in [9.17, 15) is 18.5 Å². The molecule has 2 aliphatic carbocycles. The zero-order chi connectivity index (χ0) is 18.5. The molecule has 0 amide bonds. The molecule has 0 spiro atoms. The van der Waals surface area contributed by atoms with E-state index < -0.39 is 21.0 Å². The molecule has 0 saturated heterocycles. The average molecular weight is 370 g/mol. The summed E-state index contributed by atoms with van der Waals surface area (Å²) in [4.78, 5) is 11.0. The van der Waals surface area contributed by atoms with Crippen LogP contribution in [0.25, 0.3) is 12.2 Å². The number of nitrogens with one attached hydrogen (secondary N) is 1. The maximum Gasteiger partial charge on any atom is 0.276 e. The van der Waals surface area contributed by atoms with Gasteiger partial charge in [0, 0.05) is 6.07 Å². The predicted molar refractivity (Wildman–Crippen MR) is 99.0 cm³/mol. The van der Waals surface area contributed by atoms with Gasteiger partial charge in [0.15, 0.2) is 0 Å². The van der Waals surface area contributed by atoms with Gasteiger partial charge in [-0.1, -0.05) is 30.3 Å². The number of sulfonamides is 1. The molecule has 2 aromatic rings. The van der Waals surface area contributed by atoms with Crippen LogP contribution in [0.5, 0.6) is 0 Å². The lowest BCUT2D eigenvalue weighted by Gasteiger charge is -2.23. The summed E-state index contributed by atoms with van der Waals surface area (Å²) < 4.78 is 26.5. The second kappa shape index (κ2) is 6.03. The Morgan fingerprint density at radius 2 is 2.00 bits per heavy atom. The second-order valence-electron chi connectivity index (χ2n) is 6.72. The molecule has 6 nitrogen and oxygen atoms in total. The molecule has 0 fully saturated rings. The Labute approximate surface area is 150 Å². The van der Waals surface area contributed by atoms with Gasteiger partial charge < -0.3 is 0 Å². The number of non-ortho nitro benzene ring substituents is 1. The van der Waals surface area contributed by atoms with Gasteiger partial charge in [0.25, 0.3) is 5.69 Å². The van der Waals surface area contributed by atoms with Gasteiger partial charge in [0.05, 0.1) is 22.4 Å². The minimum Gasteiger partial charge on any atom is -0.258 e. The first-order valence-corrected chi connectivity index (χ1v) is 10.3. The zero-order valence-corrected chi connectivity index (χ0v) is 15.0. The van der Waals surface area contributed by atoms with Crippen molar-refractivity contribution < 1.29 is 13.3 Å². The highest BCUT2D eigenvalue weighted by atomic mass is 32.2. The highest BCUT2D eigenvalue weighted by Crippen LogP contribution is 2.26. The van der Waals surface area contributed by atoms with Crippen molar-refractivity contribution in [3.05, 3.63) is 72.4 Å². The Balaban J connectivity index is 2.19. The van der Waals surface area contributed by atoms with Crippen LogP contribution in [0.1, 0.15) is 30.0 Å². The molecule has 0 radical (unpaired) electrons. The van der Waals surface area contributed by atoms with E-state index in [1.807, 2.05) is 18.2 Å². The molecule has 0 heterocycles. The first-order valence-electron chi connectivity index (χ1n) is 8.44. The van der Waals surface area contributed by atoms with Crippen molar-refractivity contribution in [2.75, 3.05) is 6.26 Å². The van der Waals surface area contributed by atoms with Gasteiger partial charge in [-0.3, -0.25) is 10.1 Å². The lowest BCUT2D eigenvalue weighted by molar-refractivity contribution is -0.386. The number of nitro benzene ring substituents is 1. The predicted octanol–water partition coefficient (Wildman–Crippen LogP) is 1.38. The fourth-order valence-electron chi connectivity index (χ4n) is 3.97. The maximum atomic E-state index is 11.9. The summed E-state index contributed by atoms with van der Waals surface area (Å²) in [5, 5.41) is 14.7. The molecule has 1 atom stereocenters. The summed E-state index contributed by atoms with van der Waals surface area (Å²) in [6.07, 6.45) is 7.83. The van der Waals surface area contributed by atoms with Gasteiger partial charge in [-0.05, 0) is 52.1 Å². The van der Waals surface area contributed by atoms with Crippen molar-refractivity contribution >= 4 is 27.9 Å². The van der Waals surface area contributed by atoms with Crippen molar-refractivity contribution in [1.29, 1.82) is 0 Å². The molecule has 1 unspecified atom stereocenters. The Morgan fingerprint density at radius 1 is 1.19 bits per heavy atom. The van der Waals surface area contributed by atoms with E-state index in [0.29, 0.717) is 5.22 Å². The minimum absolute atomic E-state index is 0.0160. The van der Waals surface area contributed by atoms with Crippen LogP contribution in [0.15, 0.2) is 30.3 Å². The Kier molecular flexibility index (Phi) is 3.93. The highest BCUT2D eigenvalue weighted by Gasteiger charge is 2.24. The van der Waals surface area contributed by atoms with Crippen LogP contribution in [0.2, 0.25) is 0 Å². The third-order valence-electron chi connectivity index (χ3n) is 4.94. The summed E-state index contributed by atoms with van der Waals surface area (Å²) in [5.41, 5.74) is 2.03. The summed E-state index contributed by atoms with van der Waals surface area (Å²) >= 11 is 0. The summed E-state index contributed by atoms with van der Waals surface area (Å²) in [5.74, 6) is 0. The first kappa shape index (κ1) is 16.9. The van der Waals surface area contributed by atoms with Crippen molar-refractivity contribution in [3.63, 3.8) is 0 Å². The fraction of sp³-hybridized carbons (Fsp3) is 0.263. The Hall–Kier alpha value is -2.51. The smallest absolute Gasteiger partial charge is 0.258 e. The molecule has 7 heteroatoms. The van der Waals surface area contributed by atoms with Gasteiger partial charge >= 0.3 is 0 Å². The van der Waals surface area contributed by atoms with E-state index in [2.05, 4.69) is 10.8 Å². The number of fused-ring (bicyclic) bond motifs is 4. The van der Waals surface area contributed by atoms with Crippen molar-refractivity contribution in [2.24, 2.45) is 0 Å². The molecular formula is C19H18N2O4S. The van der Waals surface area contributed by atoms with Crippen LogP contribution in [0, 0.1) is 20.6 Å². The molecule has 0 saturated carbocycles. The van der Waals surface area contributed by atoms with Crippen molar-refractivity contribution in [2.45, 2.75) is 25.3 Å². The molecule has 0 bridgehead atoms. The fourth-order valence-corrected chi connectivity index (χ4v) is 4.62. The molecule has 2 aliphatic rings. The van der Waals surface area contributed by atoms with Gasteiger partial charge in [0.1, 0.15) is 0 Å². The number of nitrogens with zero attached hydrogens (tertiary/aromatic N) is 1. The molecule has 1 N–H and O–H groups in total. The van der Waals surface area contributed by atoms with E-state index in [1.165, 1.54) is 6.07 Å². The summed E-state index contributed by atoms with van der Waals surface area (Å²) in [6.45, 7) is 0. The number of rotatable bonds is 3. The van der Waals surface area contributed by atoms with Crippen molar-refractivity contribution in [1.82, 2.24) is 4.72 Å². The zero-order valence-electron chi connectivity index (χ0n) is 14.2. The quantitative estimate of drug-likeness (QED) is 0.653. The third kappa shape index (κ3) is 2.83. The lowest BCUT2D eigenvalue weighted by atomic mass is 9.86. The number of hydrogen-bond donors (Lipinski definition) is 1. The summed E-state index contributed by atoms with van der Waals surface area (Å²) in [7, 11) is -3.49. The molecule has 0 aromatic heterocycles. The van der Waals surface area contributed by atoms with Gasteiger partial charge in [0.2, 0.25) is 10.0 Å². The Morgan fingerprint density at radius 3 is 2.73 bits per heavy atom. The normalized spacial score (nSPS) is 18.0. The molecule has 2 aromatic carbocycles. The van der Waals surface area contributed by atoms with E-state index >= 15 is 0 Å². The average Bonchev–Trinajstić information content (AvgIpc) is 2.59. The highest BCUT2D eigenvalue weighted by molar-refractivity contribution is 7.88. The van der Waals surface area contributed by atoms with Gasteiger partial charge in [-0.15, -0.1) is 0 Å². The largest absolute Gasteiger partial charge is 0.276 e. The topological polar surface area (TPSA) is 89.3 Å². The molecule has 4 rings (SSSR count). The summed E-state index contributed by atoms with van der Waals surface area (Å²) in [6, 6.07) is 8.33. The van der Waals surface area contributed by atoms with E-state index in [4.69, 9.17) is 0 Å². The maximum absolute atomic E-state index is 11.9. The standard InChI is InChI=1S/C19H18N2O4S/c1-26(24,25)20-17-11-16-14(7-4-8-18(16)21(22)23)15-10-9-12-5-2-3-6-13(12)19(15)17/h4-5,7-11,17,20H,2-3,6H2,1H3. The second-order valence-corrected chi connectivity index (χ2v) is 8.50. The van der Waals surface area contributed by atoms with Crippen molar-refractivity contribution in [3.8, 4) is 0 Å². The van der Waals surface area contributed by atoms with Crippen LogP contribution in [-0.4, -0.2) is 19.6 Å².